The van der Waals surface area contributed by atoms with Gasteiger partial charge in [-0.05, 0) is 36.4 Å². The third-order valence-corrected chi connectivity index (χ3v) is 3.08. The number of carbonyl (C=O) groups is 1. The molecule has 86 valence electrons. The van der Waals surface area contributed by atoms with Crippen LogP contribution in [-0.4, -0.2) is 10.9 Å². The molecule has 0 spiro atoms. The van der Waals surface area contributed by atoms with E-state index in [0.717, 1.165) is 15.6 Å². The van der Waals surface area contributed by atoms with Gasteiger partial charge in [-0.25, -0.2) is 4.98 Å². The zero-order valence-corrected chi connectivity index (χ0v) is 9.78. The van der Waals surface area contributed by atoms with E-state index in [4.69, 9.17) is 11.5 Å². The van der Waals surface area contributed by atoms with Gasteiger partial charge in [0.05, 0.1) is 5.56 Å². The van der Waals surface area contributed by atoms with Gasteiger partial charge in [0.1, 0.15) is 5.03 Å². The van der Waals surface area contributed by atoms with Crippen LogP contribution < -0.4 is 11.5 Å². The van der Waals surface area contributed by atoms with Gasteiger partial charge < -0.3 is 11.5 Å². The van der Waals surface area contributed by atoms with Crippen LogP contribution in [0.15, 0.2) is 52.5 Å². The normalized spacial score (nSPS) is 10.1. The molecule has 0 fully saturated rings. The van der Waals surface area contributed by atoms with Crippen molar-refractivity contribution in [3.8, 4) is 0 Å². The summed E-state index contributed by atoms with van der Waals surface area (Å²) in [5, 5.41) is 0.805. The first kappa shape index (κ1) is 11.5. The summed E-state index contributed by atoms with van der Waals surface area (Å²) < 4.78 is 0. The van der Waals surface area contributed by atoms with Gasteiger partial charge >= 0.3 is 0 Å². The zero-order valence-electron chi connectivity index (χ0n) is 8.96. The molecule has 1 aromatic heterocycles. The van der Waals surface area contributed by atoms with Crippen molar-refractivity contribution < 1.29 is 4.79 Å². The molecule has 2 rings (SSSR count). The average Bonchev–Trinajstić information content (AvgIpc) is 2.33. The van der Waals surface area contributed by atoms with Gasteiger partial charge in [-0.3, -0.25) is 4.79 Å². The highest BCUT2D eigenvalue weighted by molar-refractivity contribution is 7.99. The fraction of sp³-hybridized carbons (Fsp3) is 0. The lowest BCUT2D eigenvalue weighted by atomic mass is 10.3. The van der Waals surface area contributed by atoms with E-state index in [-0.39, 0.29) is 0 Å². The van der Waals surface area contributed by atoms with E-state index in [1.54, 1.807) is 12.1 Å². The molecule has 4 N–H and O–H groups in total. The van der Waals surface area contributed by atoms with Gasteiger partial charge in [0.15, 0.2) is 0 Å². The summed E-state index contributed by atoms with van der Waals surface area (Å²) in [6.45, 7) is 0. The Morgan fingerprint density at radius 3 is 2.35 bits per heavy atom. The fourth-order valence-corrected chi connectivity index (χ4v) is 2.00. The van der Waals surface area contributed by atoms with E-state index in [2.05, 4.69) is 4.98 Å². The van der Waals surface area contributed by atoms with Gasteiger partial charge in [0.2, 0.25) is 5.91 Å². The van der Waals surface area contributed by atoms with Crippen LogP contribution in [0.1, 0.15) is 10.4 Å². The van der Waals surface area contributed by atoms with Crippen LogP contribution in [0.25, 0.3) is 0 Å². The molecule has 17 heavy (non-hydrogen) atoms. The second-order valence-electron chi connectivity index (χ2n) is 3.42. The fourth-order valence-electron chi connectivity index (χ4n) is 1.24. The third-order valence-electron chi connectivity index (χ3n) is 2.12. The molecule has 0 saturated carbocycles. The molecular formula is C12H11N3OS. The van der Waals surface area contributed by atoms with Crippen LogP contribution in [0, 0.1) is 0 Å². The topological polar surface area (TPSA) is 82.0 Å². The Kier molecular flexibility index (Phi) is 3.30. The first-order chi connectivity index (χ1) is 8.15. The molecule has 4 nitrogen and oxygen atoms in total. The predicted octanol–water partition coefficient (Wildman–Crippen LogP) is 1.91. The number of aromatic nitrogens is 1. The van der Waals surface area contributed by atoms with Crippen molar-refractivity contribution in [3.05, 3.63) is 48.2 Å². The summed E-state index contributed by atoms with van der Waals surface area (Å²) in [5.74, 6) is -0.471. The molecule has 0 radical (unpaired) electrons. The van der Waals surface area contributed by atoms with Crippen LogP contribution >= 0.6 is 11.8 Å². The third kappa shape index (κ3) is 2.98. The van der Waals surface area contributed by atoms with Crippen molar-refractivity contribution >= 4 is 23.4 Å². The van der Waals surface area contributed by atoms with Crippen molar-refractivity contribution in [2.24, 2.45) is 5.73 Å². The number of benzene rings is 1. The van der Waals surface area contributed by atoms with Gasteiger partial charge in [0.25, 0.3) is 0 Å². The lowest BCUT2D eigenvalue weighted by molar-refractivity contribution is 0.1000. The Balaban J connectivity index is 2.13. The highest BCUT2D eigenvalue weighted by Gasteiger charge is 2.02. The SMILES string of the molecule is NC(=O)c1ccc(Sc2ccc(N)cc2)nc1. The number of nitrogen functional groups attached to an aromatic ring is 1. The number of nitrogens with zero attached hydrogens (tertiary/aromatic N) is 1. The Labute approximate surface area is 103 Å². The van der Waals surface area contributed by atoms with E-state index >= 15 is 0 Å². The number of carbonyl (C=O) groups excluding carboxylic acids is 1. The molecule has 0 aliphatic carbocycles. The van der Waals surface area contributed by atoms with Gasteiger partial charge in [-0.1, -0.05) is 11.8 Å². The number of primary amides is 1. The largest absolute Gasteiger partial charge is 0.399 e. The van der Waals surface area contributed by atoms with E-state index in [9.17, 15) is 4.79 Å². The molecule has 5 heteroatoms. The number of pyridine rings is 1. The van der Waals surface area contributed by atoms with E-state index in [0.29, 0.717) is 5.56 Å². The molecule has 0 unspecified atom stereocenters. The second kappa shape index (κ2) is 4.88. The lowest BCUT2D eigenvalue weighted by Gasteiger charge is -2.02. The number of hydrogen-bond acceptors (Lipinski definition) is 4. The van der Waals surface area contributed by atoms with Crippen molar-refractivity contribution in [1.29, 1.82) is 0 Å². The summed E-state index contributed by atoms with van der Waals surface area (Å²) in [4.78, 5) is 16.1. The summed E-state index contributed by atoms with van der Waals surface area (Å²) in [5.41, 5.74) is 11.9. The van der Waals surface area contributed by atoms with Gasteiger partial charge in [-0.15, -0.1) is 0 Å². The molecule has 0 bridgehead atoms. The highest BCUT2D eigenvalue weighted by Crippen LogP contribution is 2.26. The average molecular weight is 245 g/mol. The van der Waals surface area contributed by atoms with Crippen LogP contribution in [0.2, 0.25) is 0 Å². The van der Waals surface area contributed by atoms with Gasteiger partial charge in [0, 0.05) is 16.8 Å². The monoisotopic (exact) mass is 245 g/mol. The van der Waals surface area contributed by atoms with Crippen molar-refractivity contribution in [3.63, 3.8) is 0 Å². The maximum absolute atomic E-state index is 10.9. The quantitative estimate of drug-likeness (QED) is 0.809. The van der Waals surface area contributed by atoms with Crippen LogP contribution in [0.4, 0.5) is 5.69 Å². The molecule has 0 atom stereocenters. The number of hydrogen-bond donors (Lipinski definition) is 2. The maximum atomic E-state index is 10.9. The first-order valence-corrected chi connectivity index (χ1v) is 5.76. The lowest BCUT2D eigenvalue weighted by Crippen LogP contribution is -2.10. The van der Waals surface area contributed by atoms with Crippen molar-refractivity contribution in [2.75, 3.05) is 5.73 Å². The maximum Gasteiger partial charge on any atom is 0.250 e. The van der Waals surface area contributed by atoms with E-state index < -0.39 is 5.91 Å². The van der Waals surface area contributed by atoms with Crippen LogP contribution in [0.5, 0.6) is 0 Å². The Morgan fingerprint density at radius 1 is 1.12 bits per heavy atom. The Bertz CT molecular complexity index is 522. The number of nitrogens with two attached hydrogens (primary N) is 2. The minimum absolute atomic E-state index is 0.409. The first-order valence-electron chi connectivity index (χ1n) is 4.94. The molecule has 0 saturated heterocycles. The molecule has 1 heterocycles. The molecule has 1 amide bonds. The smallest absolute Gasteiger partial charge is 0.250 e. The molecule has 1 aromatic carbocycles. The molecular weight excluding hydrogens is 234 g/mol. The summed E-state index contributed by atoms with van der Waals surface area (Å²) in [7, 11) is 0. The second-order valence-corrected chi connectivity index (χ2v) is 4.51. The van der Waals surface area contributed by atoms with Crippen LogP contribution in [-0.2, 0) is 0 Å². The van der Waals surface area contributed by atoms with Gasteiger partial charge in [-0.2, -0.15) is 0 Å². The zero-order chi connectivity index (χ0) is 12.3. The number of anilines is 1. The van der Waals surface area contributed by atoms with Crippen LogP contribution in [0.3, 0.4) is 0 Å². The summed E-state index contributed by atoms with van der Waals surface area (Å²) >= 11 is 1.50. The van der Waals surface area contributed by atoms with E-state index in [1.807, 2.05) is 24.3 Å². The van der Waals surface area contributed by atoms with E-state index in [1.165, 1.54) is 18.0 Å². The minimum atomic E-state index is -0.471. The standard InChI is InChI=1S/C12H11N3OS/c13-9-2-4-10(5-3-9)17-11-6-1-8(7-15-11)12(14)16/h1-7H,13H2,(H2,14,16). The number of rotatable bonds is 3. The predicted molar refractivity (Wildman–Crippen MR) is 67.7 cm³/mol. The molecule has 0 aliphatic rings. The summed E-state index contributed by atoms with van der Waals surface area (Å²) in [6, 6.07) is 10.9. The number of amides is 1. The minimum Gasteiger partial charge on any atom is -0.399 e. The highest BCUT2D eigenvalue weighted by atomic mass is 32.2. The summed E-state index contributed by atoms with van der Waals surface area (Å²) in [6.07, 6.45) is 1.47. The Morgan fingerprint density at radius 2 is 1.82 bits per heavy atom. The molecule has 0 aliphatic heterocycles. The van der Waals surface area contributed by atoms with Crippen molar-refractivity contribution in [1.82, 2.24) is 4.98 Å². The Hall–Kier alpha value is -2.01. The molecule has 2 aromatic rings. The van der Waals surface area contributed by atoms with Crippen molar-refractivity contribution in [2.45, 2.75) is 9.92 Å².